The molecule has 0 bridgehead atoms. The number of pyridine rings is 1. The molecule has 0 aliphatic heterocycles. The van der Waals surface area contributed by atoms with E-state index in [-0.39, 0.29) is 25.7 Å². The van der Waals surface area contributed by atoms with Crippen LogP contribution in [0.4, 0.5) is 0 Å². The minimum absolute atomic E-state index is 0. The summed E-state index contributed by atoms with van der Waals surface area (Å²) >= 11 is 0. The van der Waals surface area contributed by atoms with Crippen LogP contribution >= 0.6 is 0 Å². The fourth-order valence-corrected chi connectivity index (χ4v) is 2.42. The number of aromatic nitrogens is 1. The van der Waals surface area contributed by atoms with E-state index in [0.29, 0.717) is 11.0 Å². The van der Waals surface area contributed by atoms with Gasteiger partial charge in [-0.25, -0.2) is 4.79 Å². The van der Waals surface area contributed by atoms with E-state index in [9.17, 15) is 4.79 Å². The molecule has 2 aromatic heterocycles. The van der Waals surface area contributed by atoms with Crippen LogP contribution in [0.25, 0.3) is 32.6 Å². The quantitative estimate of drug-likeness (QED) is 0.240. The van der Waals surface area contributed by atoms with E-state index in [2.05, 4.69) is 11.1 Å². The zero-order valence-electron chi connectivity index (χ0n) is 10.2. The molecule has 99 valence electrons. The van der Waals surface area contributed by atoms with E-state index in [1.165, 1.54) is 0 Å². The Balaban J connectivity index is 0.00000121. The van der Waals surface area contributed by atoms with Crippen LogP contribution in [0, 0.1) is 6.07 Å². The van der Waals surface area contributed by atoms with E-state index in [4.69, 9.17) is 4.42 Å². The van der Waals surface area contributed by atoms with Crippen molar-refractivity contribution < 1.29 is 24.5 Å². The number of benzene rings is 2. The van der Waals surface area contributed by atoms with Gasteiger partial charge in [0.25, 0.3) is 0 Å². The van der Waals surface area contributed by atoms with Crippen molar-refractivity contribution in [2.75, 3.05) is 0 Å². The van der Waals surface area contributed by atoms with Crippen molar-refractivity contribution >= 4 is 32.6 Å². The first-order valence-electron chi connectivity index (χ1n) is 5.95. The SMILES string of the molecule is O=c1oc2ccc[c-]c2c2c1ccc1cccnc12.[Ir]. The predicted octanol–water partition coefficient (Wildman–Crippen LogP) is 3.29. The van der Waals surface area contributed by atoms with Gasteiger partial charge in [-0.2, -0.15) is 0 Å². The van der Waals surface area contributed by atoms with Crippen LogP contribution in [0.1, 0.15) is 0 Å². The van der Waals surface area contributed by atoms with Gasteiger partial charge in [-0.05, 0) is 11.5 Å². The summed E-state index contributed by atoms with van der Waals surface area (Å²) < 4.78 is 5.31. The Labute approximate surface area is 127 Å². The zero-order valence-corrected chi connectivity index (χ0v) is 12.6. The number of hydrogen-bond donors (Lipinski definition) is 0. The molecule has 0 amide bonds. The normalized spacial score (nSPS) is 10.8. The van der Waals surface area contributed by atoms with Crippen molar-refractivity contribution in [3.8, 4) is 0 Å². The first-order chi connectivity index (χ1) is 9.34. The van der Waals surface area contributed by atoms with Crippen molar-refractivity contribution in [1.29, 1.82) is 0 Å². The Hall–Kier alpha value is -2.03. The molecule has 0 fully saturated rings. The predicted molar refractivity (Wildman–Crippen MR) is 74.1 cm³/mol. The van der Waals surface area contributed by atoms with Crippen LogP contribution in [-0.4, -0.2) is 4.98 Å². The van der Waals surface area contributed by atoms with Gasteiger partial charge in [0.05, 0.1) is 0 Å². The Morgan fingerprint density at radius 3 is 2.90 bits per heavy atom. The van der Waals surface area contributed by atoms with Crippen LogP contribution in [0.15, 0.2) is 57.9 Å². The summed E-state index contributed by atoms with van der Waals surface area (Å²) in [5, 5.41) is 3.15. The maximum atomic E-state index is 12.0. The molecule has 0 N–H and O–H groups in total. The molecule has 0 unspecified atom stereocenters. The molecule has 0 saturated heterocycles. The van der Waals surface area contributed by atoms with Crippen LogP contribution in [0.3, 0.4) is 0 Å². The van der Waals surface area contributed by atoms with Gasteiger partial charge in [-0.3, -0.25) is 4.98 Å². The molecule has 0 aliphatic carbocycles. The second kappa shape index (κ2) is 4.82. The van der Waals surface area contributed by atoms with Crippen LogP contribution in [-0.2, 0) is 20.1 Å². The molecule has 0 atom stereocenters. The third kappa shape index (κ3) is 1.77. The molecule has 4 rings (SSSR count). The summed E-state index contributed by atoms with van der Waals surface area (Å²) in [5.74, 6) is 0. The smallest absolute Gasteiger partial charge is 0.325 e. The summed E-state index contributed by atoms with van der Waals surface area (Å²) in [6, 6.07) is 16.0. The first kappa shape index (κ1) is 13.0. The molecule has 0 spiro atoms. The van der Waals surface area contributed by atoms with Gasteiger partial charge >= 0.3 is 5.63 Å². The standard InChI is InChI=1S/C16H8NO2.Ir/c18-16-12-8-7-10-4-3-9-17-15(10)14(12)11-5-1-2-6-13(11)19-16;/h1-4,6-9H;/q-1;. The molecule has 1 radical (unpaired) electrons. The molecule has 2 aromatic carbocycles. The molecule has 0 saturated carbocycles. The van der Waals surface area contributed by atoms with Gasteiger partial charge in [-0.1, -0.05) is 29.0 Å². The third-order valence-corrected chi connectivity index (χ3v) is 3.27. The largest absolute Gasteiger partial charge is 0.472 e. The summed E-state index contributed by atoms with van der Waals surface area (Å²) in [6.45, 7) is 0. The molecule has 0 aliphatic rings. The van der Waals surface area contributed by atoms with Crippen molar-refractivity contribution in [3.05, 3.63) is 65.1 Å². The average Bonchev–Trinajstić information content (AvgIpc) is 2.47. The summed E-state index contributed by atoms with van der Waals surface area (Å²) in [5.41, 5.74) is 1.01. The summed E-state index contributed by atoms with van der Waals surface area (Å²) in [4.78, 5) is 16.4. The molecule has 4 heteroatoms. The Morgan fingerprint density at radius 1 is 1.10 bits per heavy atom. The minimum Gasteiger partial charge on any atom is -0.472 e. The summed E-state index contributed by atoms with van der Waals surface area (Å²) in [6.07, 6.45) is 1.73. The van der Waals surface area contributed by atoms with Gasteiger partial charge in [0.2, 0.25) is 0 Å². The number of fused-ring (bicyclic) bond motifs is 5. The van der Waals surface area contributed by atoms with Crippen LogP contribution in [0.5, 0.6) is 0 Å². The molecule has 3 nitrogen and oxygen atoms in total. The first-order valence-corrected chi connectivity index (χ1v) is 5.95. The second-order valence-corrected chi connectivity index (χ2v) is 4.36. The molecular weight excluding hydrogens is 430 g/mol. The maximum absolute atomic E-state index is 12.0. The van der Waals surface area contributed by atoms with E-state index in [1.54, 1.807) is 24.4 Å². The Bertz CT molecular complexity index is 976. The summed E-state index contributed by atoms with van der Waals surface area (Å²) in [7, 11) is 0. The van der Waals surface area contributed by atoms with E-state index in [1.807, 2.05) is 24.3 Å². The van der Waals surface area contributed by atoms with Gasteiger partial charge in [0, 0.05) is 42.8 Å². The fourth-order valence-electron chi connectivity index (χ4n) is 2.42. The van der Waals surface area contributed by atoms with Crippen molar-refractivity contribution in [2.45, 2.75) is 0 Å². The maximum Gasteiger partial charge on any atom is 0.325 e. The molecule has 20 heavy (non-hydrogen) atoms. The van der Waals surface area contributed by atoms with Crippen LogP contribution in [0.2, 0.25) is 0 Å². The molecular formula is C16H8IrNO2-. The van der Waals surface area contributed by atoms with Crippen molar-refractivity contribution in [2.24, 2.45) is 0 Å². The Kier molecular flexibility index (Phi) is 3.13. The zero-order chi connectivity index (χ0) is 12.8. The van der Waals surface area contributed by atoms with Crippen LogP contribution < -0.4 is 5.63 Å². The third-order valence-electron chi connectivity index (χ3n) is 3.27. The van der Waals surface area contributed by atoms with Gasteiger partial charge in [0.15, 0.2) is 0 Å². The van der Waals surface area contributed by atoms with Gasteiger partial charge in [-0.15, -0.1) is 24.3 Å². The van der Waals surface area contributed by atoms with Gasteiger partial charge in [0.1, 0.15) is 0 Å². The second-order valence-electron chi connectivity index (χ2n) is 4.36. The average molecular weight is 438 g/mol. The van der Waals surface area contributed by atoms with E-state index < -0.39 is 0 Å². The van der Waals surface area contributed by atoms with Crippen molar-refractivity contribution in [1.82, 2.24) is 4.98 Å². The monoisotopic (exact) mass is 439 g/mol. The van der Waals surface area contributed by atoms with Gasteiger partial charge < -0.3 is 4.42 Å². The minimum atomic E-state index is -0.338. The fraction of sp³-hybridized carbons (Fsp3) is 0. The number of nitrogens with zero attached hydrogens (tertiary/aromatic N) is 1. The topological polar surface area (TPSA) is 43.1 Å². The van der Waals surface area contributed by atoms with E-state index >= 15 is 0 Å². The number of hydrogen-bond acceptors (Lipinski definition) is 3. The number of rotatable bonds is 0. The molecule has 4 aromatic rings. The molecule has 2 heterocycles. The Morgan fingerprint density at radius 2 is 2.00 bits per heavy atom. The van der Waals surface area contributed by atoms with Crippen molar-refractivity contribution in [3.63, 3.8) is 0 Å². The van der Waals surface area contributed by atoms with E-state index in [0.717, 1.165) is 21.7 Å².